The summed E-state index contributed by atoms with van der Waals surface area (Å²) in [5.74, 6) is -0.0745. The van der Waals surface area contributed by atoms with E-state index in [2.05, 4.69) is 33.7 Å². The van der Waals surface area contributed by atoms with Gasteiger partial charge in [-0.3, -0.25) is 19.8 Å². The van der Waals surface area contributed by atoms with Crippen LogP contribution in [0.1, 0.15) is 88.2 Å². The van der Waals surface area contributed by atoms with Crippen molar-refractivity contribution in [2.24, 2.45) is 5.73 Å². The Kier molecular flexibility index (Phi) is 10.6. The maximum Gasteiger partial charge on any atom is 0.243 e. The fourth-order valence-corrected chi connectivity index (χ4v) is 7.43. The van der Waals surface area contributed by atoms with Gasteiger partial charge in [0.1, 0.15) is 0 Å². The van der Waals surface area contributed by atoms with Crippen molar-refractivity contribution in [2.75, 3.05) is 30.7 Å². The van der Waals surface area contributed by atoms with Crippen LogP contribution < -0.4 is 16.4 Å². The van der Waals surface area contributed by atoms with Gasteiger partial charge in [0.15, 0.2) is 0 Å². The summed E-state index contributed by atoms with van der Waals surface area (Å²) in [4.78, 5) is 25.9. The summed E-state index contributed by atoms with van der Waals surface area (Å²) < 4.78 is 26.5. The lowest BCUT2D eigenvalue weighted by Gasteiger charge is -2.29. The Balaban J connectivity index is 1.05. The van der Waals surface area contributed by atoms with E-state index in [9.17, 15) is 18.0 Å². The van der Waals surface area contributed by atoms with Gasteiger partial charge in [0.25, 0.3) is 0 Å². The van der Waals surface area contributed by atoms with Crippen LogP contribution in [0.4, 0.5) is 5.69 Å². The molecule has 2 saturated heterocycles. The molecule has 0 bridgehead atoms. The van der Waals surface area contributed by atoms with Crippen molar-refractivity contribution in [3.8, 4) is 0 Å². The van der Waals surface area contributed by atoms with E-state index in [1.807, 2.05) is 0 Å². The fraction of sp³-hybridized carbons (Fsp3) is 0.714. The van der Waals surface area contributed by atoms with Gasteiger partial charge in [-0.25, -0.2) is 12.7 Å². The van der Waals surface area contributed by atoms with Gasteiger partial charge in [-0.1, -0.05) is 50.7 Å². The van der Waals surface area contributed by atoms with Gasteiger partial charge in [-0.05, 0) is 49.3 Å². The third kappa shape index (κ3) is 8.00. The van der Waals surface area contributed by atoms with Crippen LogP contribution in [-0.2, 0) is 32.7 Å². The number of amides is 2. The second-order valence-electron chi connectivity index (χ2n) is 11.1. The molecule has 9 nitrogen and oxygen atoms in total. The van der Waals surface area contributed by atoms with Crippen molar-refractivity contribution < 1.29 is 18.0 Å². The van der Waals surface area contributed by atoms with Crippen molar-refractivity contribution >= 4 is 27.5 Å². The quantitative estimate of drug-likeness (QED) is 0.241. The molecule has 1 aromatic rings. The number of benzene rings is 1. The number of nitrogens with two attached hydrogens (primary N) is 1. The van der Waals surface area contributed by atoms with E-state index >= 15 is 0 Å². The summed E-state index contributed by atoms with van der Waals surface area (Å²) in [7, 11) is -3.12. The van der Waals surface area contributed by atoms with Crippen LogP contribution in [-0.4, -0.2) is 66.9 Å². The lowest BCUT2D eigenvalue weighted by Crippen LogP contribution is -2.50. The fourth-order valence-electron chi connectivity index (χ4n) is 5.84. The number of piperidine rings is 2. The predicted octanol–water partition coefficient (Wildman–Crippen LogP) is 3.09. The topological polar surface area (TPSA) is 125 Å². The number of fused-ring (bicyclic) bond motifs is 1. The molecule has 3 aliphatic rings. The molecule has 0 aliphatic carbocycles. The van der Waals surface area contributed by atoms with Crippen molar-refractivity contribution in [3.05, 3.63) is 29.3 Å². The normalized spacial score (nSPS) is 21.4. The first-order chi connectivity index (χ1) is 18.3. The number of unbranched alkanes of at least 4 members (excludes halogenated alkanes) is 7. The Labute approximate surface area is 227 Å². The molecule has 212 valence electrons. The van der Waals surface area contributed by atoms with E-state index in [0.29, 0.717) is 25.9 Å². The molecule has 10 heteroatoms. The third-order valence-corrected chi connectivity index (χ3v) is 10.2. The third-order valence-electron chi connectivity index (χ3n) is 8.20. The van der Waals surface area contributed by atoms with Crippen LogP contribution in [0.25, 0.3) is 0 Å². The maximum absolute atomic E-state index is 12.5. The molecule has 2 amide bonds. The number of sulfonamides is 1. The highest BCUT2D eigenvalue weighted by molar-refractivity contribution is 7.89. The SMILES string of the molecule is NC1CCN(S(=O)(=O)CCCCCCCCCCNc2cccc3c2CN(C2CCC(=O)NC2=O)C3)CC1. The van der Waals surface area contributed by atoms with E-state index in [4.69, 9.17) is 5.73 Å². The smallest absolute Gasteiger partial charge is 0.243 e. The van der Waals surface area contributed by atoms with Gasteiger partial charge in [0, 0.05) is 50.9 Å². The number of hydrogen-bond acceptors (Lipinski definition) is 7. The van der Waals surface area contributed by atoms with E-state index in [1.54, 1.807) is 4.31 Å². The summed E-state index contributed by atoms with van der Waals surface area (Å²) >= 11 is 0. The monoisotopic (exact) mass is 547 g/mol. The highest BCUT2D eigenvalue weighted by Crippen LogP contribution is 2.32. The Hall–Kier alpha value is -2.01. The molecule has 2 fully saturated rings. The van der Waals surface area contributed by atoms with Crippen LogP contribution in [0.2, 0.25) is 0 Å². The molecular formula is C28H45N5O4S. The average molecular weight is 548 g/mol. The number of carbonyl (C=O) groups excluding carboxylic acids is 2. The minimum absolute atomic E-state index is 0.147. The molecule has 4 rings (SSSR count). The van der Waals surface area contributed by atoms with Crippen LogP contribution in [0.5, 0.6) is 0 Å². The maximum atomic E-state index is 12.5. The lowest BCUT2D eigenvalue weighted by molar-refractivity contribution is -0.137. The lowest BCUT2D eigenvalue weighted by atomic mass is 10.0. The molecule has 4 N–H and O–H groups in total. The van der Waals surface area contributed by atoms with E-state index < -0.39 is 10.0 Å². The van der Waals surface area contributed by atoms with Crippen LogP contribution >= 0.6 is 0 Å². The molecule has 1 aromatic carbocycles. The zero-order valence-electron chi connectivity index (χ0n) is 22.6. The molecule has 1 atom stereocenters. The molecule has 0 aromatic heterocycles. The first-order valence-electron chi connectivity index (χ1n) is 14.5. The van der Waals surface area contributed by atoms with Crippen molar-refractivity contribution in [1.29, 1.82) is 0 Å². The second kappa shape index (κ2) is 13.9. The summed E-state index contributed by atoms with van der Waals surface area (Å²) in [5.41, 5.74) is 9.56. The van der Waals surface area contributed by atoms with Crippen LogP contribution in [0.3, 0.4) is 0 Å². The Bertz CT molecular complexity index is 1060. The Morgan fingerprint density at radius 1 is 0.921 bits per heavy atom. The highest BCUT2D eigenvalue weighted by Gasteiger charge is 2.35. The summed E-state index contributed by atoms with van der Waals surface area (Å²) in [6, 6.07) is 6.24. The zero-order chi connectivity index (χ0) is 27.0. The molecular weight excluding hydrogens is 502 g/mol. The predicted molar refractivity (Wildman–Crippen MR) is 150 cm³/mol. The number of rotatable bonds is 14. The summed E-state index contributed by atoms with van der Waals surface area (Å²) in [5, 5.41) is 6.08. The number of nitrogens with one attached hydrogen (secondary N) is 2. The number of hydrogen-bond donors (Lipinski definition) is 3. The van der Waals surface area contributed by atoms with E-state index in [-0.39, 0.29) is 29.7 Å². The molecule has 0 saturated carbocycles. The molecule has 0 radical (unpaired) electrons. The minimum Gasteiger partial charge on any atom is -0.385 e. The van der Waals surface area contributed by atoms with Gasteiger partial charge in [-0.2, -0.15) is 0 Å². The summed E-state index contributed by atoms with van der Waals surface area (Å²) in [6.45, 7) is 3.56. The molecule has 3 heterocycles. The molecule has 0 spiro atoms. The minimum atomic E-state index is -3.12. The van der Waals surface area contributed by atoms with Crippen molar-refractivity contribution in [2.45, 2.75) is 102 Å². The van der Waals surface area contributed by atoms with E-state index in [0.717, 1.165) is 70.3 Å². The summed E-state index contributed by atoms with van der Waals surface area (Å²) in [6.07, 6.45) is 11.2. The Morgan fingerprint density at radius 3 is 2.32 bits per heavy atom. The van der Waals surface area contributed by atoms with Crippen LogP contribution in [0, 0.1) is 0 Å². The standard InChI is InChI=1S/C28H45N5O4S/c29-23-14-17-33(18-15-23)38(36,37)19-8-6-4-2-1-3-5-7-16-30-25-11-9-10-22-20-32(21-24(22)25)26-12-13-27(34)31-28(26)35/h9-11,23,26,30H,1-8,12-21,29H2,(H,31,34,35). The van der Waals surface area contributed by atoms with Gasteiger partial charge < -0.3 is 11.1 Å². The number of nitrogens with zero attached hydrogens (tertiary/aromatic N) is 2. The first kappa shape index (κ1) is 29.0. The number of carbonyl (C=O) groups is 2. The van der Waals surface area contributed by atoms with Crippen molar-refractivity contribution in [1.82, 2.24) is 14.5 Å². The number of anilines is 1. The molecule has 3 aliphatic heterocycles. The molecule has 38 heavy (non-hydrogen) atoms. The zero-order valence-corrected chi connectivity index (χ0v) is 23.4. The van der Waals surface area contributed by atoms with E-state index in [1.165, 1.54) is 30.4 Å². The highest BCUT2D eigenvalue weighted by atomic mass is 32.2. The largest absolute Gasteiger partial charge is 0.385 e. The second-order valence-corrected chi connectivity index (χ2v) is 13.2. The van der Waals surface area contributed by atoms with Crippen LogP contribution in [0.15, 0.2) is 18.2 Å². The van der Waals surface area contributed by atoms with Gasteiger partial charge in [0.05, 0.1) is 11.8 Å². The van der Waals surface area contributed by atoms with Gasteiger partial charge in [-0.15, -0.1) is 0 Å². The Morgan fingerprint density at radius 2 is 1.61 bits per heavy atom. The van der Waals surface area contributed by atoms with Gasteiger partial charge >= 0.3 is 0 Å². The first-order valence-corrected chi connectivity index (χ1v) is 16.1. The van der Waals surface area contributed by atoms with Crippen molar-refractivity contribution in [3.63, 3.8) is 0 Å². The average Bonchev–Trinajstić information content (AvgIpc) is 3.32. The number of imide groups is 1. The molecule has 1 unspecified atom stereocenters. The van der Waals surface area contributed by atoms with Gasteiger partial charge in [0.2, 0.25) is 21.8 Å².